The van der Waals surface area contributed by atoms with Crippen LogP contribution in [0.15, 0.2) is 0 Å². The minimum Gasteiger partial charge on any atom is -0.445 e. The van der Waals surface area contributed by atoms with Gasteiger partial charge in [-0.2, -0.15) is 0 Å². The summed E-state index contributed by atoms with van der Waals surface area (Å²) < 4.78 is 3.10. The first-order valence-electron chi connectivity index (χ1n) is 4.43. The lowest BCUT2D eigenvalue weighted by atomic mass is 10.2. The average Bonchev–Trinajstić information content (AvgIpc) is 2.08. The van der Waals surface area contributed by atoms with Crippen LogP contribution in [0.3, 0.4) is 0 Å². The third-order valence-electron chi connectivity index (χ3n) is 1.42. The summed E-state index contributed by atoms with van der Waals surface area (Å²) in [6.45, 7) is 2.44. The van der Waals surface area contributed by atoms with E-state index >= 15 is 0 Å². The molecule has 0 unspecified atom stereocenters. The Bertz CT molecular complexity index is 170. The lowest BCUT2D eigenvalue weighted by Gasteiger charge is -2.11. The second-order valence-corrected chi connectivity index (χ2v) is 5.34. The van der Waals surface area contributed by atoms with E-state index in [9.17, 15) is 4.79 Å². The summed E-state index contributed by atoms with van der Waals surface area (Å²) in [5.74, 6) is 0. The van der Waals surface area contributed by atoms with Gasteiger partial charge >= 0.3 is 6.09 Å². The van der Waals surface area contributed by atoms with Crippen molar-refractivity contribution in [1.82, 2.24) is 5.32 Å². The molecule has 0 fully saturated rings. The predicted octanol–water partition coefficient (Wildman–Crippen LogP) is 3.27. The molecule has 84 valence electrons. The summed E-state index contributed by atoms with van der Waals surface area (Å²) in [7, 11) is 0. The largest absolute Gasteiger partial charge is 0.445 e. The van der Waals surface area contributed by atoms with E-state index < -0.39 is 9.89 Å². The number of carbonyl (C=O) groups is 1. The molecule has 0 aliphatic carbocycles. The van der Waals surface area contributed by atoms with Crippen molar-refractivity contribution in [1.29, 1.82) is 0 Å². The van der Waals surface area contributed by atoms with Crippen LogP contribution in [0.25, 0.3) is 0 Å². The molecule has 0 bridgehead atoms. The molecule has 14 heavy (non-hydrogen) atoms. The molecule has 1 amide bonds. The smallest absolute Gasteiger partial charge is 0.407 e. The Morgan fingerprint density at radius 1 is 1.36 bits per heavy atom. The number of carbonyl (C=O) groups excluding carboxylic acids is 1. The molecular weight excluding hydrogens is 248 g/mol. The van der Waals surface area contributed by atoms with Gasteiger partial charge in [0.15, 0.2) is 0 Å². The van der Waals surface area contributed by atoms with Gasteiger partial charge in [0.05, 0.1) is 0 Å². The molecule has 6 heteroatoms. The van der Waals surface area contributed by atoms with Crippen molar-refractivity contribution >= 4 is 40.9 Å². The first kappa shape index (κ1) is 14.1. The van der Waals surface area contributed by atoms with Gasteiger partial charge in [-0.15, -0.1) is 0 Å². The molecule has 1 N–H and O–H groups in total. The maximum atomic E-state index is 10.9. The Labute approximate surface area is 99.0 Å². The SMILES string of the molecule is CCCCCNC(=O)OCC(Cl)(Cl)Cl. The Morgan fingerprint density at radius 2 is 2.00 bits per heavy atom. The molecule has 0 aromatic heterocycles. The topological polar surface area (TPSA) is 38.3 Å². The fourth-order valence-corrected chi connectivity index (χ4v) is 0.928. The first-order valence-corrected chi connectivity index (χ1v) is 5.56. The van der Waals surface area contributed by atoms with Crippen LogP contribution >= 0.6 is 34.8 Å². The van der Waals surface area contributed by atoms with Gasteiger partial charge in [-0.05, 0) is 6.42 Å². The first-order chi connectivity index (χ1) is 6.45. The van der Waals surface area contributed by atoms with Crippen LogP contribution in [-0.4, -0.2) is 23.0 Å². The Kier molecular flexibility index (Phi) is 7.51. The molecule has 0 aliphatic rings. The van der Waals surface area contributed by atoms with E-state index in [0.29, 0.717) is 6.54 Å². The second-order valence-electron chi connectivity index (χ2n) is 2.83. The summed E-state index contributed by atoms with van der Waals surface area (Å²) in [5, 5.41) is 2.55. The lowest BCUT2D eigenvalue weighted by Crippen LogP contribution is -2.28. The van der Waals surface area contributed by atoms with E-state index in [1.165, 1.54) is 0 Å². The van der Waals surface area contributed by atoms with Crippen molar-refractivity contribution in [2.45, 2.75) is 30.0 Å². The van der Waals surface area contributed by atoms with E-state index in [4.69, 9.17) is 34.8 Å². The second kappa shape index (κ2) is 7.43. The minimum atomic E-state index is -1.54. The van der Waals surface area contributed by atoms with Gasteiger partial charge in [-0.3, -0.25) is 0 Å². The number of alkyl halides is 3. The Morgan fingerprint density at radius 3 is 2.50 bits per heavy atom. The number of unbranched alkanes of at least 4 members (excludes halogenated alkanes) is 2. The van der Waals surface area contributed by atoms with Crippen LogP contribution in [-0.2, 0) is 4.74 Å². The predicted molar refractivity (Wildman–Crippen MR) is 59.2 cm³/mol. The van der Waals surface area contributed by atoms with Crippen LogP contribution in [0.4, 0.5) is 4.79 Å². The number of amides is 1. The molecule has 0 aromatic rings. The molecular formula is C8H14Cl3NO2. The fraction of sp³-hybridized carbons (Fsp3) is 0.875. The van der Waals surface area contributed by atoms with Gasteiger partial charge in [-0.1, -0.05) is 54.6 Å². The van der Waals surface area contributed by atoms with Gasteiger partial charge in [0.25, 0.3) is 0 Å². The maximum absolute atomic E-state index is 10.9. The van der Waals surface area contributed by atoms with Gasteiger partial charge in [-0.25, -0.2) is 4.79 Å². The van der Waals surface area contributed by atoms with Crippen molar-refractivity contribution in [2.24, 2.45) is 0 Å². The fourth-order valence-electron chi connectivity index (χ4n) is 0.764. The van der Waals surface area contributed by atoms with Crippen LogP contribution in [0, 0.1) is 0 Å². The number of hydrogen-bond acceptors (Lipinski definition) is 2. The molecule has 0 radical (unpaired) electrons. The normalized spacial score (nSPS) is 11.1. The number of hydrogen-bond donors (Lipinski definition) is 1. The highest BCUT2D eigenvalue weighted by molar-refractivity contribution is 6.67. The summed E-state index contributed by atoms with van der Waals surface area (Å²) in [6.07, 6.45) is 2.56. The van der Waals surface area contributed by atoms with Crippen LogP contribution < -0.4 is 5.32 Å². The standard InChI is InChI=1S/C8H14Cl3NO2/c1-2-3-4-5-12-7(13)14-6-8(9,10)11/h2-6H2,1H3,(H,12,13). The molecule has 0 saturated carbocycles. The van der Waals surface area contributed by atoms with E-state index in [0.717, 1.165) is 19.3 Å². The highest BCUT2D eigenvalue weighted by atomic mass is 35.6. The number of nitrogens with one attached hydrogen (secondary N) is 1. The van der Waals surface area contributed by atoms with Crippen molar-refractivity contribution < 1.29 is 9.53 Å². The number of rotatable bonds is 5. The van der Waals surface area contributed by atoms with Crippen LogP contribution in [0.2, 0.25) is 0 Å². The monoisotopic (exact) mass is 261 g/mol. The van der Waals surface area contributed by atoms with Crippen molar-refractivity contribution in [3.8, 4) is 0 Å². The number of alkyl carbamates (subject to hydrolysis) is 1. The summed E-state index contributed by atoms with van der Waals surface area (Å²) >= 11 is 16.2. The zero-order valence-corrected chi connectivity index (χ0v) is 10.3. The summed E-state index contributed by atoms with van der Waals surface area (Å²) in [4.78, 5) is 10.9. The van der Waals surface area contributed by atoms with E-state index in [-0.39, 0.29) is 6.61 Å². The Hall–Kier alpha value is 0.140. The molecule has 0 aromatic carbocycles. The quantitative estimate of drug-likeness (QED) is 0.610. The van der Waals surface area contributed by atoms with E-state index in [1.807, 2.05) is 0 Å². The third-order valence-corrected chi connectivity index (χ3v) is 1.74. The highest BCUT2D eigenvalue weighted by Gasteiger charge is 2.21. The van der Waals surface area contributed by atoms with Gasteiger partial charge in [0, 0.05) is 6.54 Å². The molecule has 0 rings (SSSR count). The molecule has 0 heterocycles. The maximum Gasteiger partial charge on any atom is 0.407 e. The number of halogens is 3. The van der Waals surface area contributed by atoms with Crippen molar-refractivity contribution in [3.63, 3.8) is 0 Å². The zero-order chi connectivity index (χ0) is 11.0. The van der Waals surface area contributed by atoms with Crippen LogP contribution in [0.1, 0.15) is 26.2 Å². The van der Waals surface area contributed by atoms with Crippen LogP contribution in [0.5, 0.6) is 0 Å². The van der Waals surface area contributed by atoms with E-state index in [1.54, 1.807) is 0 Å². The number of ether oxygens (including phenoxy) is 1. The molecule has 0 aliphatic heterocycles. The molecule has 0 spiro atoms. The summed E-state index contributed by atoms with van der Waals surface area (Å²) in [6, 6.07) is 0. The van der Waals surface area contributed by atoms with Gasteiger partial charge in [0.1, 0.15) is 6.61 Å². The zero-order valence-electron chi connectivity index (χ0n) is 7.99. The average molecular weight is 263 g/mol. The molecule has 0 atom stereocenters. The third kappa shape index (κ3) is 10.2. The summed E-state index contributed by atoms with van der Waals surface area (Å²) in [5.41, 5.74) is 0. The molecule has 3 nitrogen and oxygen atoms in total. The van der Waals surface area contributed by atoms with Crippen molar-refractivity contribution in [2.75, 3.05) is 13.2 Å². The minimum absolute atomic E-state index is 0.239. The van der Waals surface area contributed by atoms with Gasteiger partial charge < -0.3 is 10.1 Å². The van der Waals surface area contributed by atoms with E-state index in [2.05, 4.69) is 17.0 Å². The highest BCUT2D eigenvalue weighted by Crippen LogP contribution is 2.25. The van der Waals surface area contributed by atoms with Crippen molar-refractivity contribution in [3.05, 3.63) is 0 Å². The Balaban J connectivity index is 3.38. The molecule has 0 saturated heterocycles. The lowest BCUT2D eigenvalue weighted by molar-refractivity contribution is 0.148. The van der Waals surface area contributed by atoms with Gasteiger partial charge in [0.2, 0.25) is 3.79 Å².